The third kappa shape index (κ3) is 7.16. The zero-order chi connectivity index (χ0) is 36.2. The summed E-state index contributed by atoms with van der Waals surface area (Å²) in [6.07, 6.45) is 5.70. The summed E-state index contributed by atoms with van der Waals surface area (Å²) in [5, 5.41) is 3.72. The predicted octanol–water partition coefficient (Wildman–Crippen LogP) is 7.12. The average Bonchev–Trinajstić information content (AvgIpc) is 3.82. The van der Waals surface area contributed by atoms with Crippen LogP contribution >= 0.6 is 0 Å². The number of carbonyl (C=O) groups excluding carboxylic acids is 1. The molecule has 0 bridgehead atoms. The molecule has 0 saturated carbocycles. The number of amides is 1. The molecule has 5 aromatic rings. The highest BCUT2D eigenvalue weighted by Crippen LogP contribution is 2.41. The number of piperidine rings is 2. The molecule has 0 spiro atoms. The van der Waals surface area contributed by atoms with Crippen molar-refractivity contribution in [2.24, 2.45) is 0 Å². The van der Waals surface area contributed by atoms with E-state index < -0.39 is 17.0 Å². The molecule has 0 radical (unpaired) electrons. The summed E-state index contributed by atoms with van der Waals surface area (Å²) in [6.45, 7) is 4.00. The van der Waals surface area contributed by atoms with Gasteiger partial charge < -0.3 is 38.3 Å². The molecule has 1 unspecified atom stereocenters. The van der Waals surface area contributed by atoms with E-state index in [0.717, 1.165) is 68.1 Å². The maximum atomic E-state index is 14.8. The lowest BCUT2D eigenvalue weighted by atomic mass is 9.71. The first-order chi connectivity index (χ1) is 25.3. The molecule has 2 aromatic heterocycles. The minimum Gasteiger partial charge on any atom is -0.493 e. The number of ether oxygens (including phenoxy) is 3. The lowest BCUT2D eigenvalue weighted by Gasteiger charge is -2.45. The number of rotatable bonds is 12. The second-order valence-electron chi connectivity index (χ2n) is 13.8. The maximum Gasteiger partial charge on any atom is 0.254 e. The minimum absolute atomic E-state index is 0.184. The van der Waals surface area contributed by atoms with E-state index in [-0.39, 0.29) is 11.9 Å². The Morgan fingerprint density at radius 2 is 1.71 bits per heavy atom. The summed E-state index contributed by atoms with van der Waals surface area (Å²) in [4.78, 5) is 23.2. The molecule has 52 heavy (non-hydrogen) atoms. The molecule has 1 amide bonds. The van der Waals surface area contributed by atoms with Gasteiger partial charge in [0.25, 0.3) is 5.91 Å². The van der Waals surface area contributed by atoms with Crippen molar-refractivity contribution >= 4 is 22.9 Å². The standard InChI is InChI=1S/C40H45F2N5O5/c1-49-35-22-27(23-36(50-2)37(35)51-3)38(48)46-17-7-15-40(26-46,28-11-12-31(41)32(42)24-28)16-20-45-18-13-29(14-19-45)43-39-44-33-9-4-5-10-34(33)47(39)25-30-8-6-21-52-30/h4-6,8-12,21-24,29H,7,13-20,25-26H2,1-3H3,(H,43,44). The Hall–Kier alpha value is -5.10. The van der Waals surface area contributed by atoms with E-state index in [2.05, 4.69) is 20.9 Å². The normalized spacial score (nSPS) is 18.4. The van der Waals surface area contributed by atoms with Gasteiger partial charge in [-0.3, -0.25) is 4.79 Å². The van der Waals surface area contributed by atoms with Gasteiger partial charge in [0.05, 0.1) is 45.2 Å². The Kier molecular flexibility index (Phi) is 10.4. The number of methoxy groups -OCH3 is 3. The van der Waals surface area contributed by atoms with Crippen molar-refractivity contribution in [3.63, 3.8) is 0 Å². The lowest BCUT2D eigenvalue weighted by molar-refractivity contribution is 0.0606. The molecule has 2 aliphatic heterocycles. The number of likely N-dealkylation sites (tertiary alicyclic amines) is 2. The molecular formula is C40H45F2N5O5. The number of benzene rings is 3. The average molecular weight is 714 g/mol. The van der Waals surface area contributed by atoms with E-state index in [0.29, 0.717) is 54.4 Å². The van der Waals surface area contributed by atoms with Crippen molar-refractivity contribution in [2.75, 3.05) is 59.4 Å². The number of fused-ring (bicyclic) bond motifs is 1. The Bertz CT molecular complexity index is 1980. The van der Waals surface area contributed by atoms with Gasteiger partial charge in [-0.05, 0) is 92.7 Å². The van der Waals surface area contributed by atoms with Gasteiger partial charge in [0.15, 0.2) is 23.1 Å². The fourth-order valence-corrected chi connectivity index (χ4v) is 7.86. The van der Waals surface area contributed by atoms with Crippen LogP contribution in [0.1, 0.15) is 53.8 Å². The Labute approximate surface area is 302 Å². The van der Waals surface area contributed by atoms with E-state index in [9.17, 15) is 13.6 Å². The highest BCUT2D eigenvalue weighted by molar-refractivity contribution is 5.96. The number of hydrogen-bond acceptors (Lipinski definition) is 8. The zero-order valence-corrected chi connectivity index (χ0v) is 29.9. The highest BCUT2D eigenvalue weighted by Gasteiger charge is 2.40. The molecule has 2 saturated heterocycles. The topological polar surface area (TPSA) is 94.2 Å². The molecule has 7 rings (SSSR count). The second-order valence-corrected chi connectivity index (χ2v) is 13.8. The number of carbonyl (C=O) groups is 1. The Morgan fingerprint density at radius 1 is 0.942 bits per heavy atom. The van der Waals surface area contributed by atoms with Crippen LogP contribution in [0.25, 0.3) is 11.0 Å². The minimum atomic E-state index is -0.882. The third-order valence-corrected chi connectivity index (χ3v) is 10.7. The quantitative estimate of drug-likeness (QED) is 0.146. The fourth-order valence-electron chi connectivity index (χ4n) is 7.86. The molecule has 2 aliphatic rings. The molecule has 2 fully saturated rings. The van der Waals surface area contributed by atoms with Crippen LogP contribution in [-0.4, -0.2) is 85.4 Å². The van der Waals surface area contributed by atoms with Crippen LogP contribution in [0.3, 0.4) is 0 Å². The number of halogens is 2. The maximum absolute atomic E-state index is 14.8. The van der Waals surface area contributed by atoms with Crippen LogP contribution in [-0.2, 0) is 12.0 Å². The summed E-state index contributed by atoms with van der Waals surface area (Å²) in [6, 6.07) is 19.7. The second kappa shape index (κ2) is 15.2. The predicted molar refractivity (Wildman–Crippen MR) is 195 cm³/mol. The number of para-hydroxylation sites is 2. The molecule has 12 heteroatoms. The van der Waals surface area contributed by atoms with Gasteiger partial charge in [-0.15, -0.1) is 0 Å². The van der Waals surface area contributed by atoms with E-state index in [1.54, 1.807) is 24.5 Å². The highest BCUT2D eigenvalue weighted by atomic mass is 19.2. The monoisotopic (exact) mass is 713 g/mol. The molecular weight excluding hydrogens is 668 g/mol. The number of imidazole rings is 1. The van der Waals surface area contributed by atoms with Crippen molar-refractivity contribution in [1.29, 1.82) is 0 Å². The third-order valence-electron chi connectivity index (χ3n) is 10.7. The summed E-state index contributed by atoms with van der Waals surface area (Å²) < 4.78 is 53.2. The summed E-state index contributed by atoms with van der Waals surface area (Å²) in [5.41, 5.74) is 2.53. The van der Waals surface area contributed by atoms with Crippen LogP contribution in [0.5, 0.6) is 17.2 Å². The van der Waals surface area contributed by atoms with E-state index >= 15 is 0 Å². The molecule has 3 aromatic carbocycles. The van der Waals surface area contributed by atoms with E-state index in [1.165, 1.54) is 33.5 Å². The zero-order valence-electron chi connectivity index (χ0n) is 29.9. The Balaban J connectivity index is 1.06. The molecule has 1 N–H and O–H groups in total. The van der Waals surface area contributed by atoms with Gasteiger partial charge in [0, 0.05) is 43.2 Å². The first kappa shape index (κ1) is 35.3. The first-order valence-corrected chi connectivity index (χ1v) is 17.8. The number of nitrogens with one attached hydrogen (secondary N) is 1. The van der Waals surface area contributed by atoms with E-state index in [1.807, 2.05) is 35.2 Å². The SMILES string of the molecule is COc1cc(C(=O)N2CCCC(CCN3CCC(Nc4nc5ccccc5n4Cc4ccco4)CC3)(c3ccc(F)c(F)c3)C2)cc(OC)c1OC. The number of furan rings is 1. The van der Waals surface area contributed by atoms with Gasteiger partial charge >= 0.3 is 0 Å². The van der Waals surface area contributed by atoms with E-state index in [4.69, 9.17) is 23.6 Å². The molecule has 1 atom stereocenters. The van der Waals surface area contributed by atoms with Crippen molar-refractivity contribution in [1.82, 2.24) is 19.4 Å². The van der Waals surface area contributed by atoms with Gasteiger partial charge in [0.1, 0.15) is 5.76 Å². The molecule has 274 valence electrons. The number of anilines is 1. The smallest absolute Gasteiger partial charge is 0.254 e. The summed E-state index contributed by atoms with van der Waals surface area (Å²) in [7, 11) is 4.54. The molecule has 4 heterocycles. The van der Waals surface area contributed by atoms with Crippen LogP contribution in [0.15, 0.2) is 77.4 Å². The van der Waals surface area contributed by atoms with Gasteiger partial charge in [-0.1, -0.05) is 18.2 Å². The Morgan fingerprint density at radius 3 is 2.40 bits per heavy atom. The van der Waals surface area contributed by atoms with Crippen molar-refractivity contribution < 1.29 is 32.2 Å². The van der Waals surface area contributed by atoms with Crippen LogP contribution in [0.4, 0.5) is 14.7 Å². The molecule has 0 aliphatic carbocycles. The van der Waals surface area contributed by atoms with Gasteiger partial charge in [-0.2, -0.15) is 0 Å². The number of hydrogen-bond donors (Lipinski definition) is 1. The van der Waals surface area contributed by atoms with Gasteiger partial charge in [-0.25, -0.2) is 13.8 Å². The largest absolute Gasteiger partial charge is 0.493 e. The van der Waals surface area contributed by atoms with Crippen molar-refractivity contribution in [2.45, 2.75) is 50.1 Å². The van der Waals surface area contributed by atoms with Crippen LogP contribution in [0, 0.1) is 11.6 Å². The van der Waals surface area contributed by atoms with Crippen molar-refractivity contribution in [3.05, 3.63) is 102 Å². The summed E-state index contributed by atoms with van der Waals surface area (Å²) in [5.74, 6) is 0.930. The van der Waals surface area contributed by atoms with Crippen LogP contribution < -0.4 is 19.5 Å². The number of aromatic nitrogens is 2. The fraction of sp³-hybridized carbons (Fsp3) is 0.400. The summed E-state index contributed by atoms with van der Waals surface area (Å²) >= 11 is 0. The van der Waals surface area contributed by atoms with Gasteiger partial charge in [0.2, 0.25) is 11.7 Å². The lowest BCUT2D eigenvalue weighted by Crippen LogP contribution is -2.50. The van der Waals surface area contributed by atoms with Crippen LogP contribution in [0.2, 0.25) is 0 Å². The molecule has 10 nitrogen and oxygen atoms in total. The van der Waals surface area contributed by atoms with Crippen molar-refractivity contribution in [3.8, 4) is 17.2 Å². The first-order valence-electron chi connectivity index (χ1n) is 17.8. The number of nitrogens with zero attached hydrogens (tertiary/aromatic N) is 4.